The first kappa shape index (κ1) is 12.8. The van der Waals surface area contributed by atoms with Gasteiger partial charge >= 0.3 is 6.18 Å². The lowest BCUT2D eigenvalue weighted by Gasteiger charge is -2.45. The molecule has 0 aliphatic heterocycles. The summed E-state index contributed by atoms with van der Waals surface area (Å²) in [5.41, 5.74) is 3.92. The number of aliphatic hydroxyl groups is 1. The van der Waals surface area contributed by atoms with Crippen LogP contribution in [0.25, 0.3) is 0 Å². The first-order chi connectivity index (χ1) is 6.56. The SMILES string of the molecule is CC(C)(O)C1(N)CCC(C(F)(F)F)CC1. The molecule has 5 heteroatoms. The summed E-state index contributed by atoms with van der Waals surface area (Å²) in [7, 11) is 0. The Bertz CT molecular complexity index is 224. The monoisotopic (exact) mass is 225 g/mol. The third-order valence-electron chi connectivity index (χ3n) is 3.56. The molecule has 0 aromatic carbocycles. The van der Waals surface area contributed by atoms with Gasteiger partial charge in [0.2, 0.25) is 0 Å². The molecule has 0 amide bonds. The van der Waals surface area contributed by atoms with Crippen molar-refractivity contribution in [2.45, 2.75) is 56.8 Å². The van der Waals surface area contributed by atoms with E-state index in [9.17, 15) is 18.3 Å². The van der Waals surface area contributed by atoms with Gasteiger partial charge in [0.1, 0.15) is 0 Å². The van der Waals surface area contributed by atoms with E-state index >= 15 is 0 Å². The number of alkyl halides is 3. The normalized spacial score (nSPS) is 34.2. The Kier molecular flexibility index (Phi) is 3.09. The molecule has 0 radical (unpaired) electrons. The number of hydrogen-bond acceptors (Lipinski definition) is 2. The smallest absolute Gasteiger partial charge is 0.389 e. The molecular weight excluding hydrogens is 207 g/mol. The Morgan fingerprint density at radius 3 is 1.87 bits per heavy atom. The lowest BCUT2D eigenvalue weighted by molar-refractivity contribution is -0.189. The summed E-state index contributed by atoms with van der Waals surface area (Å²) in [6.45, 7) is 3.11. The summed E-state index contributed by atoms with van der Waals surface area (Å²) in [6.07, 6.45) is -3.64. The van der Waals surface area contributed by atoms with Crippen molar-refractivity contribution in [1.29, 1.82) is 0 Å². The average Bonchev–Trinajstić information content (AvgIpc) is 2.01. The Hall–Kier alpha value is -0.290. The molecule has 0 aromatic heterocycles. The van der Waals surface area contributed by atoms with Crippen molar-refractivity contribution in [3.63, 3.8) is 0 Å². The molecule has 3 N–H and O–H groups in total. The van der Waals surface area contributed by atoms with Crippen molar-refractivity contribution in [3.05, 3.63) is 0 Å². The lowest BCUT2D eigenvalue weighted by atomic mass is 9.69. The average molecular weight is 225 g/mol. The molecule has 0 atom stereocenters. The van der Waals surface area contributed by atoms with Crippen LogP contribution in [-0.4, -0.2) is 22.4 Å². The topological polar surface area (TPSA) is 46.2 Å². The summed E-state index contributed by atoms with van der Waals surface area (Å²) in [5.74, 6) is -1.25. The van der Waals surface area contributed by atoms with E-state index in [0.29, 0.717) is 0 Å². The van der Waals surface area contributed by atoms with Crippen LogP contribution in [-0.2, 0) is 0 Å². The molecule has 1 fully saturated rings. The first-order valence-corrected chi connectivity index (χ1v) is 5.14. The predicted octanol–water partition coefficient (Wildman–Crippen LogP) is 2.21. The van der Waals surface area contributed by atoms with Gasteiger partial charge in [-0.1, -0.05) is 0 Å². The zero-order valence-corrected chi connectivity index (χ0v) is 9.06. The van der Waals surface area contributed by atoms with E-state index in [1.165, 1.54) is 0 Å². The zero-order chi connectivity index (χ0) is 11.9. The maximum Gasteiger partial charge on any atom is 0.391 e. The summed E-state index contributed by atoms with van der Waals surface area (Å²) in [6, 6.07) is 0. The number of rotatable bonds is 1. The van der Waals surface area contributed by atoms with E-state index in [0.717, 1.165) is 0 Å². The number of hydrogen-bond donors (Lipinski definition) is 2. The van der Waals surface area contributed by atoms with Gasteiger partial charge in [-0.05, 0) is 39.5 Å². The largest absolute Gasteiger partial charge is 0.391 e. The van der Waals surface area contributed by atoms with E-state index in [1.807, 2.05) is 0 Å². The van der Waals surface area contributed by atoms with E-state index < -0.39 is 23.2 Å². The van der Waals surface area contributed by atoms with Crippen LogP contribution in [0.5, 0.6) is 0 Å². The molecule has 1 aliphatic carbocycles. The third kappa shape index (κ3) is 2.64. The van der Waals surface area contributed by atoms with Crippen LogP contribution in [0.15, 0.2) is 0 Å². The van der Waals surface area contributed by atoms with Gasteiger partial charge in [0, 0.05) is 5.54 Å². The van der Waals surface area contributed by atoms with Crippen LogP contribution in [0.4, 0.5) is 13.2 Å². The van der Waals surface area contributed by atoms with Gasteiger partial charge in [-0.2, -0.15) is 13.2 Å². The molecule has 0 bridgehead atoms. The first-order valence-electron chi connectivity index (χ1n) is 5.14. The highest BCUT2D eigenvalue weighted by atomic mass is 19.4. The maximum atomic E-state index is 12.4. The van der Waals surface area contributed by atoms with Gasteiger partial charge in [0.25, 0.3) is 0 Å². The minimum absolute atomic E-state index is 0.0178. The fourth-order valence-electron chi connectivity index (χ4n) is 2.07. The van der Waals surface area contributed by atoms with Gasteiger partial charge < -0.3 is 10.8 Å². The fourth-order valence-corrected chi connectivity index (χ4v) is 2.07. The van der Waals surface area contributed by atoms with Crippen LogP contribution < -0.4 is 5.73 Å². The van der Waals surface area contributed by atoms with E-state index in [2.05, 4.69) is 0 Å². The minimum Gasteiger partial charge on any atom is -0.389 e. The van der Waals surface area contributed by atoms with Crippen molar-refractivity contribution in [3.8, 4) is 0 Å². The summed E-state index contributed by atoms with van der Waals surface area (Å²) >= 11 is 0. The van der Waals surface area contributed by atoms with Gasteiger partial charge in [-0.3, -0.25) is 0 Å². The molecule has 1 saturated carbocycles. The van der Waals surface area contributed by atoms with Crippen LogP contribution >= 0.6 is 0 Å². The molecule has 15 heavy (non-hydrogen) atoms. The second-order valence-corrected chi connectivity index (χ2v) is 5.03. The fraction of sp³-hybridized carbons (Fsp3) is 1.00. The summed E-state index contributed by atoms with van der Waals surface area (Å²) < 4.78 is 37.2. The lowest BCUT2D eigenvalue weighted by Crippen LogP contribution is -2.59. The Balaban J connectivity index is 2.64. The van der Waals surface area contributed by atoms with Crippen LogP contribution in [0.1, 0.15) is 39.5 Å². The molecule has 0 saturated heterocycles. The van der Waals surface area contributed by atoms with Crippen molar-refractivity contribution in [1.82, 2.24) is 0 Å². The van der Waals surface area contributed by atoms with Gasteiger partial charge in [-0.15, -0.1) is 0 Å². The molecule has 2 nitrogen and oxygen atoms in total. The van der Waals surface area contributed by atoms with Crippen LogP contribution in [0.3, 0.4) is 0 Å². The molecular formula is C10H18F3NO. The molecule has 0 heterocycles. The minimum atomic E-state index is -4.12. The van der Waals surface area contributed by atoms with Crippen molar-refractivity contribution in [2.75, 3.05) is 0 Å². The quantitative estimate of drug-likeness (QED) is 0.718. The molecule has 1 rings (SSSR count). The van der Waals surface area contributed by atoms with Gasteiger partial charge in [0.05, 0.1) is 11.5 Å². The van der Waals surface area contributed by atoms with Crippen LogP contribution in [0, 0.1) is 5.92 Å². The highest BCUT2D eigenvalue weighted by Crippen LogP contribution is 2.43. The number of halogens is 3. The maximum absolute atomic E-state index is 12.4. The highest BCUT2D eigenvalue weighted by Gasteiger charge is 2.49. The van der Waals surface area contributed by atoms with Gasteiger partial charge in [0.15, 0.2) is 0 Å². The van der Waals surface area contributed by atoms with E-state index in [4.69, 9.17) is 5.73 Å². The number of nitrogens with two attached hydrogens (primary N) is 1. The van der Waals surface area contributed by atoms with E-state index in [-0.39, 0.29) is 25.7 Å². The van der Waals surface area contributed by atoms with Crippen LogP contribution in [0.2, 0.25) is 0 Å². The van der Waals surface area contributed by atoms with Crippen molar-refractivity contribution in [2.24, 2.45) is 11.7 Å². The standard InChI is InChI=1S/C10H18F3NO/c1-8(2,15)9(14)5-3-7(4-6-9)10(11,12)13/h7,15H,3-6,14H2,1-2H3. The van der Waals surface area contributed by atoms with Crippen molar-refractivity contribution >= 4 is 0 Å². The Morgan fingerprint density at radius 1 is 1.20 bits per heavy atom. The second kappa shape index (κ2) is 3.63. The molecule has 1 aliphatic rings. The predicted molar refractivity (Wildman–Crippen MR) is 51.2 cm³/mol. The second-order valence-electron chi connectivity index (χ2n) is 5.03. The van der Waals surface area contributed by atoms with E-state index in [1.54, 1.807) is 13.8 Å². The summed E-state index contributed by atoms with van der Waals surface area (Å²) in [5, 5.41) is 9.78. The molecule has 0 unspecified atom stereocenters. The Labute approximate surface area is 87.6 Å². The van der Waals surface area contributed by atoms with Crippen molar-refractivity contribution < 1.29 is 18.3 Å². The zero-order valence-electron chi connectivity index (χ0n) is 9.06. The summed E-state index contributed by atoms with van der Waals surface area (Å²) in [4.78, 5) is 0. The Morgan fingerprint density at radius 2 is 1.60 bits per heavy atom. The molecule has 90 valence electrons. The highest BCUT2D eigenvalue weighted by molar-refractivity contribution is 5.01. The van der Waals surface area contributed by atoms with Gasteiger partial charge in [-0.25, -0.2) is 0 Å². The molecule has 0 spiro atoms. The molecule has 0 aromatic rings. The third-order valence-corrected chi connectivity index (χ3v) is 3.56.